The van der Waals surface area contributed by atoms with Crippen molar-refractivity contribution in [1.82, 2.24) is 4.90 Å². The van der Waals surface area contributed by atoms with Gasteiger partial charge in [0, 0.05) is 25.7 Å². The molecule has 0 aliphatic rings. The predicted octanol–water partition coefficient (Wildman–Crippen LogP) is 3.07. The zero-order chi connectivity index (χ0) is 12.8. The maximum Gasteiger partial charge on any atom is 0.142 e. The van der Waals surface area contributed by atoms with Gasteiger partial charge in [0.25, 0.3) is 0 Å². The van der Waals surface area contributed by atoms with Gasteiger partial charge in [-0.05, 0) is 38.0 Å². The van der Waals surface area contributed by atoms with Crippen LogP contribution in [0.2, 0.25) is 5.02 Å². The Morgan fingerprint density at radius 1 is 1.41 bits per heavy atom. The molecular weight excluding hydrogens is 241 g/mol. The smallest absolute Gasteiger partial charge is 0.142 e. The van der Waals surface area contributed by atoms with Gasteiger partial charge in [0.05, 0.1) is 5.02 Å². The van der Waals surface area contributed by atoms with E-state index < -0.39 is 0 Å². The first kappa shape index (κ1) is 14.4. The van der Waals surface area contributed by atoms with Gasteiger partial charge in [0.2, 0.25) is 0 Å². The van der Waals surface area contributed by atoms with E-state index in [0.29, 0.717) is 12.6 Å². The molecule has 0 aliphatic carbocycles. The van der Waals surface area contributed by atoms with Gasteiger partial charge in [-0.3, -0.25) is 4.90 Å². The second-order valence-electron chi connectivity index (χ2n) is 4.39. The topological polar surface area (TPSA) is 23.5 Å². The first-order valence-corrected chi connectivity index (χ1v) is 6.21. The lowest BCUT2D eigenvalue weighted by Crippen LogP contribution is -2.31. The standard InChI is InChI=1S/C13H19ClFNO/c1-10(2)16(6-3-7-17)9-11-4-5-12(14)13(15)8-11/h4-5,8,10,17H,3,6-7,9H2,1-2H3. The molecule has 1 N–H and O–H groups in total. The fourth-order valence-corrected chi connectivity index (χ4v) is 1.78. The third-order valence-electron chi connectivity index (χ3n) is 2.70. The largest absolute Gasteiger partial charge is 0.396 e. The number of hydrogen-bond donors (Lipinski definition) is 1. The third kappa shape index (κ3) is 4.62. The van der Waals surface area contributed by atoms with E-state index in [1.807, 2.05) is 6.07 Å². The van der Waals surface area contributed by atoms with Crippen molar-refractivity contribution in [3.05, 3.63) is 34.6 Å². The molecular formula is C13H19ClFNO. The molecule has 2 nitrogen and oxygen atoms in total. The molecule has 0 unspecified atom stereocenters. The summed E-state index contributed by atoms with van der Waals surface area (Å²) in [6, 6.07) is 5.24. The number of rotatable bonds is 6. The molecule has 0 heterocycles. The van der Waals surface area contributed by atoms with E-state index in [-0.39, 0.29) is 17.4 Å². The molecule has 0 aromatic heterocycles. The van der Waals surface area contributed by atoms with E-state index in [4.69, 9.17) is 16.7 Å². The number of aliphatic hydroxyl groups is 1. The molecule has 0 atom stereocenters. The maximum absolute atomic E-state index is 13.3. The average molecular weight is 260 g/mol. The Labute approximate surface area is 107 Å². The molecule has 4 heteroatoms. The first-order valence-electron chi connectivity index (χ1n) is 5.83. The summed E-state index contributed by atoms with van der Waals surface area (Å²) in [5.74, 6) is -0.380. The second kappa shape index (κ2) is 6.94. The highest BCUT2D eigenvalue weighted by Gasteiger charge is 2.10. The van der Waals surface area contributed by atoms with Crippen LogP contribution >= 0.6 is 11.6 Å². The van der Waals surface area contributed by atoms with E-state index in [1.165, 1.54) is 6.07 Å². The van der Waals surface area contributed by atoms with Gasteiger partial charge >= 0.3 is 0 Å². The quantitative estimate of drug-likeness (QED) is 0.849. The van der Waals surface area contributed by atoms with Gasteiger partial charge in [0.15, 0.2) is 0 Å². The van der Waals surface area contributed by atoms with E-state index in [9.17, 15) is 4.39 Å². The summed E-state index contributed by atoms with van der Waals surface area (Å²) in [6.45, 7) is 5.83. The van der Waals surface area contributed by atoms with Crippen LogP contribution in [0.25, 0.3) is 0 Å². The molecule has 0 amide bonds. The minimum absolute atomic E-state index is 0.153. The molecule has 1 aromatic rings. The Hall–Kier alpha value is -0.640. The SMILES string of the molecule is CC(C)N(CCCO)Cc1ccc(Cl)c(F)c1. The number of aliphatic hydroxyl groups excluding tert-OH is 1. The number of halogens is 2. The highest BCUT2D eigenvalue weighted by Crippen LogP contribution is 2.17. The molecule has 17 heavy (non-hydrogen) atoms. The van der Waals surface area contributed by atoms with Crippen LogP contribution in [0.5, 0.6) is 0 Å². The van der Waals surface area contributed by atoms with Gasteiger partial charge in [-0.25, -0.2) is 4.39 Å². The Morgan fingerprint density at radius 2 is 2.12 bits per heavy atom. The van der Waals surface area contributed by atoms with Crippen LogP contribution in [-0.2, 0) is 6.54 Å². The summed E-state index contributed by atoms with van der Waals surface area (Å²) >= 11 is 5.64. The van der Waals surface area contributed by atoms with Crippen molar-refractivity contribution in [2.24, 2.45) is 0 Å². The monoisotopic (exact) mass is 259 g/mol. The maximum atomic E-state index is 13.3. The van der Waals surface area contributed by atoms with Crippen LogP contribution in [0.15, 0.2) is 18.2 Å². The van der Waals surface area contributed by atoms with Crippen LogP contribution < -0.4 is 0 Å². The second-order valence-corrected chi connectivity index (χ2v) is 4.80. The van der Waals surface area contributed by atoms with E-state index in [0.717, 1.165) is 18.5 Å². The van der Waals surface area contributed by atoms with Crippen molar-refractivity contribution in [3.63, 3.8) is 0 Å². The van der Waals surface area contributed by atoms with Crippen LogP contribution in [-0.4, -0.2) is 29.2 Å². The highest BCUT2D eigenvalue weighted by molar-refractivity contribution is 6.30. The van der Waals surface area contributed by atoms with Crippen molar-refractivity contribution < 1.29 is 9.50 Å². The van der Waals surface area contributed by atoms with Crippen LogP contribution in [0.4, 0.5) is 4.39 Å². The van der Waals surface area contributed by atoms with Crippen molar-refractivity contribution in [3.8, 4) is 0 Å². The Kier molecular flexibility index (Phi) is 5.89. The van der Waals surface area contributed by atoms with Crippen LogP contribution in [0.3, 0.4) is 0 Å². The highest BCUT2D eigenvalue weighted by atomic mass is 35.5. The summed E-state index contributed by atoms with van der Waals surface area (Å²) in [4.78, 5) is 2.19. The van der Waals surface area contributed by atoms with Crippen molar-refractivity contribution in [2.45, 2.75) is 32.9 Å². The normalized spacial score (nSPS) is 11.5. The molecule has 0 bridgehead atoms. The number of hydrogen-bond acceptors (Lipinski definition) is 2. The molecule has 0 radical (unpaired) electrons. The predicted molar refractivity (Wildman–Crippen MR) is 68.7 cm³/mol. The average Bonchev–Trinajstić information content (AvgIpc) is 2.28. The van der Waals surface area contributed by atoms with E-state index >= 15 is 0 Å². The third-order valence-corrected chi connectivity index (χ3v) is 3.01. The van der Waals surface area contributed by atoms with E-state index in [1.54, 1.807) is 6.07 Å². The fraction of sp³-hybridized carbons (Fsp3) is 0.538. The zero-order valence-electron chi connectivity index (χ0n) is 10.3. The molecule has 0 aliphatic heterocycles. The molecule has 0 saturated heterocycles. The van der Waals surface area contributed by atoms with Gasteiger partial charge in [-0.1, -0.05) is 17.7 Å². The summed E-state index contributed by atoms with van der Waals surface area (Å²) < 4.78 is 13.3. The molecule has 1 aromatic carbocycles. The number of benzene rings is 1. The minimum Gasteiger partial charge on any atom is -0.396 e. The summed E-state index contributed by atoms with van der Waals surface area (Å²) in [5, 5.41) is 8.99. The summed E-state index contributed by atoms with van der Waals surface area (Å²) in [7, 11) is 0. The molecule has 1 rings (SSSR count). The zero-order valence-corrected chi connectivity index (χ0v) is 11.0. The van der Waals surface area contributed by atoms with Crippen molar-refractivity contribution >= 4 is 11.6 Å². The Bertz CT molecular complexity index is 357. The van der Waals surface area contributed by atoms with Gasteiger partial charge in [-0.2, -0.15) is 0 Å². The van der Waals surface area contributed by atoms with Gasteiger partial charge < -0.3 is 5.11 Å². The first-order chi connectivity index (χ1) is 8.04. The van der Waals surface area contributed by atoms with Gasteiger partial charge in [-0.15, -0.1) is 0 Å². The van der Waals surface area contributed by atoms with Crippen LogP contribution in [0, 0.1) is 5.82 Å². The molecule has 0 spiro atoms. The van der Waals surface area contributed by atoms with Crippen LogP contribution in [0.1, 0.15) is 25.8 Å². The Morgan fingerprint density at radius 3 is 2.65 bits per heavy atom. The molecule has 0 saturated carbocycles. The van der Waals surface area contributed by atoms with Crippen molar-refractivity contribution in [2.75, 3.05) is 13.2 Å². The minimum atomic E-state index is -0.380. The molecule has 96 valence electrons. The Balaban J connectivity index is 2.68. The lowest BCUT2D eigenvalue weighted by atomic mass is 10.1. The van der Waals surface area contributed by atoms with Crippen molar-refractivity contribution in [1.29, 1.82) is 0 Å². The lowest BCUT2D eigenvalue weighted by Gasteiger charge is -2.26. The number of nitrogens with zero attached hydrogens (tertiary/aromatic N) is 1. The summed E-state index contributed by atoms with van der Waals surface area (Å²) in [6.07, 6.45) is 0.730. The summed E-state index contributed by atoms with van der Waals surface area (Å²) in [5.41, 5.74) is 0.901. The van der Waals surface area contributed by atoms with E-state index in [2.05, 4.69) is 18.7 Å². The lowest BCUT2D eigenvalue weighted by molar-refractivity contribution is 0.184. The fourth-order valence-electron chi connectivity index (χ4n) is 1.67. The van der Waals surface area contributed by atoms with Gasteiger partial charge in [0.1, 0.15) is 5.82 Å². The molecule has 0 fully saturated rings.